The van der Waals surface area contributed by atoms with Crippen molar-refractivity contribution in [2.75, 3.05) is 10.8 Å². The molecule has 0 spiro atoms. The van der Waals surface area contributed by atoms with Crippen molar-refractivity contribution in [2.45, 2.75) is 71.0 Å². The van der Waals surface area contributed by atoms with Gasteiger partial charge in [-0.1, -0.05) is 72.6 Å². The van der Waals surface area contributed by atoms with Crippen LogP contribution in [-0.2, 0) is 32.6 Å². The minimum Gasteiger partial charge on any atom is -0.350 e. The molecule has 0 saturated heterocycles. The summed E-state index contributed by atoms with van der Waals surface area (Å²) in [5, 5.41) is 3.37. The number of benzene rings is 3. The number of halogens is 1. The molecule has 0 bridgehead atoms. The van der Waals surface area contributed by atoms with Gasteiger partial charge in [-0.2, -0.15) is 0 Å². The number of rotatable bonds is 10. The summed E-state index contributed by atoms with van der Waals surface area (Å²) in [5.74, 6) is -0.882. The number of hydrogen-bond donors (Lipinski definition) is 1. The van der Waals surface area contributed by atoms with E-state index >= 15 is 0 Å². The van der Waals surface area contributed by atoms with Crippen LogP contribution in [0.3, 0.4) is 0 Å². The second-order valence-corrected chi connectivity index (χ2v) is 13.1. The van der Waals surface area contributed by atoms with Crippen LogP contribution < -0.4 is 9.62 Å². The van der Waals surface area contributed by atoms with Gasteiger partial charge in [0.05, 0.1) is 10.6 Å². The van der Waals surface area contributed by atoms with Crippen LogP contribution in [0.2, 0.25) is 5.02 Å². The smallest absolute Gasteiger partial charge is 0.264 e. The first-order valence-corrected chi connectivity index (χ1v) is 15.1. The summed E-state index contributed by atoms with van der Waals surface area (Å²) in [6, 6.07) is 19.8. The van der Waals surface area contributed by atoms with Crippen molar-refractivity contribution in [3.05, 3.63) is 94.5 Å². The first-order chi connectivity index (χ1) is 18.7. The maximum Gasteiger partial charge on any atom is 0.264 e. The molecule has 7 nitrogen and oxygen atoms in total. The fourth-order valence-corrected chi connectivity index (χ4v) is 5.92. The normalized spacial score (nSPS) is 12.5. The van der Waals surface area contributed by atoms with Crippen LogP contribution in [0.5, 0.6) is 0 Å². The lowest BCUT2D eigenvalue weighted by molar-refractivity contribution is -0.140. The molecule has 3 aromatic carbocycles. The predicted molar refractivity (Wildman–Crippen MR) is 161 cm³/mol. The molecule has 0 radical (unpaired) electrons. The molecular weight excluding hydrogens is 546 g/mol. The number of nitrogens with zero attached hydrogens (tertiary/aromatic N) is 2. The van der Waals surface area contributed by atoms with Crippen LogP contribution in [0.15, 0.2) is 77.7 Å². The quantitative estimate of drug-likeness (QED) is 0.330. The van der Waals surface area contributed by atoms with E-state index in [1.807, 2.05) is 46.8 Å². The van der Waals surface area contributed by atoms with Crippen LogP contribution in [0.25, 0.3) is 0 Å². The van der Waals surface area contributed by atoms with Gasteiger partial charge in [0.2, 0.25) is 11.8 Å². The van der Waals surface area contributed by atoms with E-state index < -0.39 is 34.1 Å². The highest BCUT2D eigenvalue weighted by Gasteiger charge is 2.34. The average molecular weight is 584 g/mol. The predicted octanol–water partition coefficient (Wildman–Crippen LogP) is 5.74. The molecule has 0 unspecified atom stereocenters. The van der Waals surface area contributed by atoms with E-state index in [-0.39, 0.29) is 17.3 Å². The van der Waals surface area contributed by atoms with Crippen molar-refractivity contribution in [3.8, 4) is 0 Å². The van der Waals surface area contributed by atoms with E-state index in [0.29, 0.717) is 22.7 Å². The van der Waals surface area contributed by atoms with E-state index in [0.717, 1.165) is 15.4 Å². The number of carbonyl (C=O) groups excluding carboxylic acids is 2. The molecule has 0 aromatic heterocycles. The molecule has 0 aliphatic heterocycles. The Bertz CT molecular complexity index is 1450. The maximum atomic E-state index is 14.1. The zero-order chi connectivity index (χ0) is 29.7. The summed E-state index contributed by atoms with van der Waals surface area (Å²) in [6.45, 7) is 10.5. The van der Waals surface area contributed by atoms with E-state index in [1.165, 1.54) is 17.0 Å². The van der Waals surface area contributed by atoms with Crippen molar-refractivity contribution >= 4 is 39.1 Å². The van der Waals surface area contributed by atoms with Crippen molar-refractivity contribution in [1.82, 2.24) is 10.2 Å². The van der Waals surface area contributed by atoms with Crippen LogP contribution in [0.4, 0.5) is 5.69 Å². The van der Waals surface area contributed by atoms with Gasteiger partial charge in [-0.25, -0.2) is 8.42 Å². The first-order valence-electron chi connectivity index (χ1n) is 13.3. The molecule has 0 aliphatic rings. The van der Waals surface area contributed by atoms with Crippen LogP contribution >= 0.6 is 11.6 Å². The number of hydrogen-bond acceptors (Lipinski definition) is 4. The molecule has 1 atom stereocenters. The highest BCUT2D eigenvalue weighted by Crippen LogP contribution is 2.29. The highest BCUT2D eigenvalue weighted by molar-refractivity contribution is 7.92. The standard InChI is InChI=1S/C31H38ClN3O4S/c1-7-24-12-9-11-15-28(24)35(40(38,39)26-18-16-22(2)17-19-26)21-29(36)34(20-25-13-8-10-14-27(25)32)23(3)30(37)33-31(4,5)6/h8-19,23H,7,20-21H2,1-6H3,(H,33,37)/t23-/m1/s1. The molecule has 0 heterocycles. The van der Waals surface area contributed by atoms with E-state index in [9.17, 15) is 18.0 Å². The lowest BCUT2D eigenvalue weighted by atomic mass is 10.1. The molecule has 3 rings (SSSR count). The zero-order valence-corrected chi connectivity index (χ0v) is 25.5. The van der Waals surface area contributed by atoms with Crippen molar-refractivity contribution in [2.24, 2.45) is 0 Å². The average Bonchev–Trinajstić information content (AvgIpc) is 2.90. The van der Waals surface area contributed by atoms with Gasteiger partial charge in [0.15, 0.2) is 0 Å². The number of aryl methyl sites for hydroxylation is 2. The third kappa shape index (κ3) is 7.64. The molecule has 0 saturated carbocycles. The first kappa shape index (κ1) is 31.2. The Morgan fingerprint density at radius 3 is 2.08 bits per heavy atom. The van der Waals surface area contributed by atoms with Crippen LogP contribution in [-0.4, -0.2) is 43.3 Å². The van der Waals surface area contributed by atoms with Gasteiger partial charge in [-0.15, -0.1) is 0 Å². The zero-order valence-electron chi connectivity index (χ0n) is 23.9. The monoisotopic (exact) mass is 583 g/mol. The molecule has 0 fully saturated rings. The molecule has 40 heavy (non-hydrogen) atoms. The molecule has 2 amide bonds. The maximum absolute atomic E-state index is 14.1. The van der Waals surface area contributed by atoms with Gasteiger partial charge < -0.3 is 10.2 Å². The lowest BCUT2D eigenvalue weighted by Crippen LogP contribution is -2.54. The van der Waals surface area contributed by atoms with Gasteiger partial charge in [-0.3, -0.25) is 13.9 Å². The Labute approximate surface area is 243 Å². The summed E-state index contributed by atoms with van der Waals surface area (Å²) < 4.78 is 29.2. The third-order valence-electron chi connectivity index (χ3n) is 6.49. The minimum atomic E-state index is -4.13. The summed E-state index contributed by atoms with van der Waals surface area (Å²) >= 11 is 6.43. The van der Waals surface area contributed by atoms with Gasteiger partial charge in [0.1, 0.15) is 12.6 Å². The number of anilines is 1. The van der Waals surface area contributed by atoms with Gasteiger partial charge in [-0.05, 0) is 76.4 Å². The summed E-state index contributed by atoms with van der Waals surface area (Å²) in [7, 11) is -4.13. The van der Waals surface area contributed by atoms with Gasteiger partial charge >= 0.3 is 0 Å². The Kier molecular flexibility index (Phi) is 10.0. The largest absolute Gasteiger partial charge is 0.350 e. The molecule has 1 N–H and O–H groups in total. The molecule has 9 heteroatoms. The summed E-state index contributed by atoms with van der Waals surface area (Å²) in [6.07, 6.45) is 0.567. The molecular formula is C31H38ClN3O4S. The number of para-hydroxylation sites is 1. The van der Waals surface area contributed by atoms with E-state index in [2.05, 4.69) is 5.32 Å². The molecule has 0 aliphatic carbocycles. The minimum absolute atomic E-state index is 0.0328. The fourth-order valence-electron chi connectivity index (χ4n) is 4.27. The van der Waals surface area contributed by atoms with Crippen LogP contribution in [0, 0.1) is 6.92 Å². The Morgan fingerprint density at radius 2 is 1.50 bits per heavy atom. The van der Waals surface area contributed by atoms with Gasteiger partial charge in [0, 0.05) is 17.1 Å². The van der Waals surface area contributed by atoms with E-state index in [4.69, 9.17) is 11.6 Å². The number of nitrogens with one attached hydrogen (secondary N) is 1. The lowest BCUT2D eigenvalue weighted by Gasteiger charge is -2.34. The molecule has 214 valence electrons. The SMILES string of the molecule is CCc1ccccc1N(CC(=O)N(Cc1ccccc1Cl)[C@H](C)C(=O)NC(C)(C)C)S(=O)(=O)c1ccc(C)cc1. The van der Waals surface area contributed by atoms with Crippen molar-refractivity contribution < 1.29 is 18.0 Å². The number of sulfonamides is 1. The summed E-state index contributed by atoms with van der Waals surface area (Å²) in [4.78, 5) is 28.8. The Balaban J connectivity index is 2.09. The topological polar surface area (TPSA) is 86.8 Å². The molecule has 3 aromatic rings. The second kappa shape index (κ2) is 12.9. The van der Waals surface area contributed by atoms with E-state index in [1.54, 1.807) is 55.5 Å². The third-order valence-corrected chi connectivity index (χ3v) is 8.64. The number of amides is 2. The Hall–Kier alpha value is -3.36. The van der Waals surface area contributed by atoms with Crippen molar-refractivity contribution in [1.29, 1.82) is 0 Å². The number of carbonyl (C=O) groups is 2. The fraction of sp³-hybridized carbons (Fsp3) is 0.355. The second-order valence-electron chi connectivity index (χ2n) is 10.8. The Morgan fingerprint density at radius 1 is 0.925 bits per heavy atom. The summed E-state index contributed by atoms with van der Waals surface area (Å²) in [5.41, 5.74) is 2.24. The van der Waals surface area contributed by atoms with Crippen LogP contribution in [0.1, 0.15) is 51.3 Å². The van der Waals surface area contributed by atoms with Crippen molar-refractivity contribution in [3.63, 3.8) is 0 Å². The van der Waals surface area contributed by atoms with Gasteiger partial charge in [0.25, 0.3) is 10.0 Å². The highest BCUT2D eigenvalue weighted by atomic mass is 35.5.